The average Bonchev–Trinajstić information content (AvgIpc) is 2.51. The third kappa shape index (κ3) is 4.48. The van der Waals surface area contributed by atoms with E-state index in [2.05, 4.69) is 10.6 Å². The number of carbonyl (C=O) groups is 1. The van der Waals surface area contributed by atoms with E-state index in [1.54, 1.807) is 0 Å². The molecule has 0 aromatic heterocycles. The molecule has 0 saturated carbocycles. The first-order chi connectivity index (χ1) is 5.70. The lowest BCUT2D eigenvalue weighted by molar-refractivity contribution is -0.124. The molecule has 0 aromatic carbocycles. The summed E-state index contributed by atoms with van der Waals surface area (Å²) < 4.78 is 0. The zero-order chi connectivity index (χ0) is 8.97. The lowest BCUT2D eigenvalue weighted by Crippen LogP contribution is -2.33. The van der Waals surface area contributed by atoms with Crippen molar-refractivity contribution in [1.82, 2.24) is 10.6 Å². The van der Waals surface area contributed by atoms with Gasteiger partial charge in [-0.1, -0.05) is 13.8 Å². The minimum absolute atomic E-state index is 0. The lowest BCUT2D eigenvalue weighted by atomic mass is 10.1. The van der Waals surface area contributed by atoms with Gasteiger partial charge in [0.15, 0.2) is 0 Å². The Kier molecular flexibility index (Phi) is 6.08. The fourth-order valence-electron chi connectivity index (χ4n) is 1.34. The first-order valence-electron chi connectivity index (χ1n) is 4.68. The molecule has 1 heterocycles. The van der Waals surface area contributed by atoms with Crippen molar-refractivity contribution < 1.29 is 4.79 Å². The minimum atomic E-state index is 0. The monoisotopic (exact) mass is 206 g/mol. The predicted molar refractivity (Wildman–Crippen MR) is 56.1 cm³/mol. The molecule has 0 aromatic rings. The van der Waals surface area contributed by atoms with Gasteiger partial charge in [0, 0.05) is 12.5 Å². The third-order valence-corrected chi connectivity index (χ3v) is 2.25. The molecule has 1 aliphatic rings. The normalized spacial score (nSPS) is 21.3. The van der Waals surface area contributed by atoms with Crippen LogP contribution in [0.3, 0.4) is 0 Å². The number of halogens is 1. The number of hydrogen-bond donors (Lipinski definition) is 2. The van der Waals surface area contributed by atoms with Gasteiger partial charge >= 0.3 is 0 Å². The molecule has 13 heavy (non-hydrogen) atoms. The van der Waals surface area contributed by atoms with Crippen molar-refractivity contribution in [3.05, 3.63) is 0 Å². The summed E-state index contributed by atoms with van der Waals surface area (Å²) in [6.45, 7) is 6.83. The van der Waals surface area contributed by atoms with Gasteiger partial charge in [0.25, 0.3) is 0 Å². The topological polar surface area (TPSA) is 41.1 Å². The van der Waals surface area contributed by atoms with E-state index in [4.69, 9.17) is 0 Å². The molecular formula is C9H19ClN2O. The minimum Gasteiger partial charge on any atom is -0.356 e. The molecule has 1 aliphatic heterocycles. The molecule has 0 aliphatic carbocycles. The molecule has 1 saturated heterocycles. The molecule has 2 N–H and O–H groups in total. The second kappa shape index (κ2) is 6.22. The van der Waals surface area contributed by atoms with Gasteiger partial charge in [-0.15, -0.1) is 12.4 Å². The molecular weight excluding hydrogens is 188 g/mol. The van der Waals surface area contributed by atoms with Crippen molar-refractivity contribution in [2.75, 3.05) is 19.6 Å². The Morgan fingerprint density at radius 3 is 2.77 bits per heavy atom. The summed E-state index contributed by atoms with van der Waals surface area (Å²) in [4.78, 5) is 11.2. The highest BCUT2D eigenvalue weighted by Crippen LogP contribution is 2.05. The summed E-state index contributed by atoms with van der Waals surface area (Å²) in [5, 5.41) is 6.22. The van der Waals surface area contributed by atoms with E-state index in [-0.39, 0.29) is 24.2 Å². The van der Waals surface area contributed by atoms with Gasteiger partial charge in [0.1, 0.15) is 0 Å². The molecule has 1 atom stereocenters. The molecule has 78 valence electrons. The quantitative estimate of drug-likeness (QED) is 0.717. The molecule has 1 unspecified atom stereocenters. The predicted octanol–water partition coefficient (Wildman–Crippen LogP) is 0.790. The molecule has 0 spiro atoms. The average molecular weight is 207 g/mol. The van der Waals surface area contributed by atoms with Gasteiger partial charge in [-0.05, 0) is 25.4 Å². The lowest BCUT2D eigenvalue weighted by Gasteiger charge is -2.11. The van der Waals surface area contributed by atoms with E-state index in [0.717, 1.165) is 19.6 Å². The summed E-state index contributed by atoms with van der Waals surface area (Å²) in [5.41, 5.74) is 0. The van der Waals surface area contributed by atoms with Crippen molar-refractivity contribution in [3.8, 4) is 0 Å². The van der Waals surface area contributed by atoms with Crippen molar-refractivity contribution in [1.29, 1.82) is 0 Å². The summed E-state index contributed by atoms with van der Waals surface area (Å²) in [5.74, 6) is 0.925. The highest BCUT2D eigenvalue weighted by atomic mass is 35.5. The van der Waals surface area contributed by atoms with Crippen LogP contribution in [0.25, 0.3) is 0 Å². The molecule has 1 fully saturated rings. The maximum Gasteiger partial charge on any atom is 0.222 e. The number of amides is 1. The fraction of sp³-hybridized carbons (Fsp3) is 0.889. The summed E-state index contributed by atoms with van der Waals surface area (Å²) in [7, 11) is 0. The van der Waals surface area contributed by atoms with Crippen LogP contribution >= 0.6 is 12.4 Å². The van der Waals surface area contributed by atoms with Crippen LogP contribution in [-0.2, 0) is 4.79 Å². The van der Waals surface area contributed by atoms with Crippen LogP contribution < -0.4 is 10.6 Å². The maximum absolute atomic E-state index is 11.2. The Morgan fingerprint density at radius 1 is 1.62 bits per heavy atom. The van der Waals surface area contributed by atoms with Crippen LogP contribution in [0.15, 0.2) is 0 Å². The van der Waals surface area contributed by atoms with Crippen LogP contribution in [0.2, 0.25) is 0 Å². The van der Waals surface area contributed by atoms with E-state index >= 15 is 0 Å². The fourth-order valence-corrected chi connectivity index (χ4v) is 1.34. The highest BCUT2D eigenvalue weighted by molar-refractivity contribution is 5.85. The first-order valence-corrected chi connectivity index (χ1v) is 4.68. The van der Waals surface area contributed by atoms with Gasteiger partial charge in [-0.25, -0.2) is 0 Å². The first kappa shape index (κ1) is 12.7. The summed E-state index contributed by atoms with van der Waals surface area (Å²) in [6.07, 6.45) is 1.19. The van der Waals surface area contributed by atoms with Crippen LogP contribution in [0.4, 0.5) is 0 Å². The summed E-state index contributed by atoms with van der Waals surface area (Å²) in [6, 6.07) is 0. The van der Waals surface area contributed by atoms with Gasteiger partial charge in [0.2, 0.25) is 5.91 Å². The van der Waals surface area contributed by atoms with E-state index in [1.807, 2.05) is 13.8 Å². The Hall–Kier alpha value is -0.280. The highest BCUT2D eigenvalue weighted by Gasteiger charge is 2.15. The molecule has 0 bridgehead atoms. The zero-order valence-corrected chi connectivity index (χ0v) is 9.12. The number of rotatable bonds is 3. The third-order valence-electron chi connectivity index (χ3n) is 2.25. The SMILES string of the molecule is CC(C)C(=O)NCC1CCNC1.Cl. The second-order valence-electron chi connectivity index (χ2n) is 3.76. The number of carbonyl (C=O) groups excluding carboxylic acids is 1. The summed E-state index contributed by atoms with van der Waals surface area (Å²) >= 11 is 0. The second-order valence-corrected chi connectivity index (χ2v) is 3.76. The molecule has 0 radical (unpaired) electrons. The Balaban J connectivity index is 0.00000144. The largest absolute Gasteiger partial charge is 0.356 e. The van der Waals surface area contributed by atoms with Crippen molar-refractivity contribution in [2.45, 2.75) is 20.3 Å². The zero-order valence-electron chi connectivity index (χ0n) is 8.30. The van der Waals surface area contributed by atoms with Gasteiger partial charge in [-0.2, -0.15) is 0 Å². The molecule has 4 heteroatoms. The maximum atomic E-state index is 11.2. The van der Waals surface area contributed by atoms with Crippen LogP contribution in [-0.4, -0.2) is 25.5 Å². The van der Waals surface area contributed by atoms with Gasteiger partial charge in [0.05, 0.1) is 0 Å². The molecule has 3 nitrogen and oxygen atoms in total. The Morgan fingerprint density at radius 2 is 2.31 bits per heavy atom. The number of hydrogen-bond acceptors (Lipinski definition) is 2. The Labute approximate surface area is 86.1 Å². The molecule has 1 amide bonds. The number of nitrogens with one attached hydrogen (secondary N) is 2. The van der Waals surface area contributed by atoms with Crippen LogP contribution in [0, 0.1) is 11.8 Å². The van der Waals surface area contributed by atoms with Gasteiger partial charge in [-0.3, -0.25) is 4.79 Å². The van der Waals surface area contributed by atoms with Crippen LogP contribution in [0.1, 0.15) is 20.3 Å². The van der Waals surface area contributed by atoms with E-state index in [1.165, 1.54) is 6.42 Å². The van der Waals surface area contributed by atoms with E-state index in [9.17, 15) is 4.79 Å². The Bertz CT molecular complexity index is 156. The van der Waals surface area contributed by atoms with Crippen molar-refractivity contribution in [3.63, 3.8) is 0 Å². The van der Waals surface area contributed by atoms with E-state index in [0.29, 0.717) is 5.92 Å². The van der Waals surface area contributed by atoms with E-state index < -0.39 is 0 Å². The van der Waals surface area contributed by atoms with Gasteiger partial charge < -0.3 is 10.6 Å². The van der Waals surface area contributed by atoms with Crippen LogP contribution in [0.5, 0.6) is 0 Å². The van der Waals surface area contributed by atoms with Crippen molar-refractivity contribution in [2.24, 2.45) is 11.8 Å². The smallest absolute Gasteiger partial charge is 0.222 e. The molecule has 1 rings (SSSR count). The van der Waals surface area contributed by atoms with Crippen molar-refractivity contribution >= 4 is 18.3 Å². The standard InChI is InChI=1S/C9H18N2O.ClH/c1-7(2)9(12)11-6-8-3-4-10-5-8;/h7-8,10H,3-6H2,1-2H3,(H,11,12);1H.